The molecule has 1 atom stereocenters. The van der Waals surface area contributed by atoms with Crippen molar-refractivity contribution < 1.29 is 22.7 Å². The van der Waals surface area contributed by atoms with Gasteiger partial charge in [0.2, 0.25) is 21.8 Å². The molecule has 0 aliphatic heterocycles. The van der Waals surface area contributed by atoms with Gasteiger partial charge in [-0.1, -0.05) is 56.5 Å². The predicted molar refractivity (Wildman–Crippen MR) is 148 cm³/mol. The van der Waals surface area contributed by atoms with Crippen molar-refractivity contribution in [3.05, 3.63) is 60.2 Å². The Hall–Kier alpha value is -2.91. The van der Waals surface area contributed by atoms with Crippen LogP contribution in [0, 0.1) is 0 Å². The molecule has 2 aromatic carbocycles. The van der Waals surface area contributed by atoms with Gasteiger partial charge in [-0.15, -0.1) is 0 Å². The molecule has 0 unspecified atom stereocenters. The summed E-state index contributed by atoms with van der Waals surface area (Å²) < 4.78 is 32.2. The van der Waals surface area contributed by atoms with Crippen LogP contribution in [0.3, 0.4) is 0 Å². The van der Waals surface area contributed by atoms with Crippen LogP contribution in [0.1, 0.15) is 63.9 Å². The van der Waals surface area contributed by atoms with Crippen molar-refractivity contribution in [1.29, 1.82) is 0 Å². The zero-order chi connectivity index (χ0) is 27.5. The summed E-state index contributed by atoms with van der Waals surface area (Å²) in [4.78, 5) is 28.7. The molecule has 38 heavy (non-hydrogen) atoms. The first-order valence-corrected chi connectivity index (χ1v) is 14.9. The van der Waals surface area contributed by atoms with Crippen molar-refractivity contribution in [2.24, 2.45) is 0 Å². The molecule has 8 nitrogen and oxygen atoms in total. The van der Waals surface area contributed by atoms with E-state index in [1.807, 2.05) is 31.2 Å². The van der Waals surface area contributed by atoms with Crippen LogP contribution in [0.5, 0.6) is 5.75 Å². The Morgan fingerprint density at radius 2 is 1.68 bits per heavy atom. The van der Waals surface area contributed by atoms with Crippen LogP contribution in [0.4, 0.5) is 0 Å². The molecule has 0 saturated heterocycles. The lowest BCUT2D eigenvalue weighted by atomic mass is 9.95. The van der Waals surface area contributed by atoms with E-state index in [2.05, 4.69) is 5.32 Å². The third-order valence-corrected chi connectivity index (χ3v) is 9.04. The zero-order valence-corrected chi connectivity index (χ0v) is 23.6. The quantitative estimate of drug-likeness (QED) is 0.405. The predicted octanol–water partition coefficient (Wildman–Crippen LogP) is 4.35. The van der Waals surface area contributed by atoms with Crippen molar-refractivity contribution in [2.75, 3.05) is 20.7 Å². The van der Waals surface area contributed by atoms with Gasteiger partial charge < -0.3 is 15.0 Å². The minimum Gasteiger partial charge on any atom is -0.497 e. The average molecular weight is 544 g/mol. The van der Waals surface area contributed by atoms with Crippen LogP contribution in [0.15, 0.2) is 59.5 Å². The molecular weight excluding hydrogens is 502 g/mol. The maximum absolute atomic E-state index is 13.5. The second-order valence-corrected chi connectivity index (χ2v) is 11.9. The van der Waals surface area contributed by atoms with E-state index in [1.54, 1.807) is 42.3 Å². The summed E-state index contributed by atoms with van der Waals surface area (Å²) in [6, 6.07) is 15.3. The molecule has 1 N–H and O–H groups in total. The van der Waals surface area contributed by atoms with Gasteiger partial charge in [0.25, 0.3) is 0 Å². The summed E-state index contributed by atoms with van der Waals surface area (Å²) in [5.74, 6) is 0.429. The lowest BCUT2D eigenvalue weighted by Crippen LogP contribution is -2.51. The topological polar surface area (TPSA) is 96.0 Å². The number of hydrogen-bond acceptors (Lipinski definition) is 5. The van der Waals surface area contributed by atoms with Gasteiger partial charge in [0.1, 0.15) is 11.8 Å². The molecule has 2 amide bonds. The lowest BCUT2D eigenvalue weighted by molar-refractivity contribution is -0.141. The summed E-state index contributed by atoms with van der Waals surface area (Å²) in [6.45, 7) is 2.40. The Kier molecular flexibility index (Phi) is 11.2. The van der Waals surface area contributed by atoms with E-state index < -0.39 is 16.1 Å². The fraction of sp³-hybridized carbons (Fsp3) is 0.517. The normalized spacial score (nSPS) is 15.2. The number of nitrogens with zero attached hydrogens (tertiary/aromatic N) is 2. The minimum absolute atomic E-state index is 0.120. The Morgan fingerprint density at radius 1 is 1.03 bits per heavy atom. The van der Waals surface area contributed by atoms with Crippen LogP contribution < -0.4 is 10.1 Å². The maximum Gasteiger partial charge on any atom is 0.243 e. The Bertz CT molecular complexity index is 1130. The second kappa shape index (κ2) is 14.3. The molecule has 1 aliphatic carbocycles. The van der Waals surface area contributed by atoms with E-state index in [9.17, 15) is 18.0 Å². The molecule has 0 spiro atoms. The lowest BCUT2D eigenvalue weighted by Gasteiger charge is -2.33. The van der Waals surface area contributed by atoms with Gasteiger partial charge in [-0.05, 0) is 55.5 Å². The Labute approximate surface area is 227 Å². The number of carbonyl (C=O) groups excluding carboxylic acids is 2. The van der Waals surface area contributed by atoms with Gasteiger partial charge in [0, 0.05) is 32.6 Å². The Morgan fingerprint density at radius 3 is 2.29 bits per heavy atom. The molecule has 1 saturated carbocycles. The number of nitrogens with one attached hydrogen (secondary N) is 1. The number of rotatable bonds is 13. The van der Waals surface area contributed by atoms with E-state index in [4.69, 9.17) is 4.74 Å². The van der Waals surface area contributed by atoms with Crippen molar-refractivity contribution in [2.45, 2.75) is 81.8 Å². The number of hydrogen-bond donors (Lipinski definition) is 1. The SMILES string of the molecule is CC[C@H](C(=O)NC1CCCCC1)N(Cc1ccc(OC)cc1)C(=O)CCCN(C)S(=O)(=O)c1ccccc1. The molecule has 1 aliphatic rings. The molecule has 3 rings (SSSR count). The highest BCUT2D eigenvalue weighted by Gasteiger charge is 2.30. The van der Waals surface area contributed by atoms with Crippen LogP contribution in [0.25, 0.3) is 0 Å². The van der Waals surface area contributed by atoms with Crippen molar-refractivity contribution in [3.63, 3.8) is 0 Å². The summed E-state index contributed by atoms with van der Waals surface area (Å²) in [6.07, 6.45) is 6.32. The van der Waals surface area contributed by atoms with E-state index in [0.717, 1.165) is 37.0 Å². The van der Waals surface area contributed by atoms with Gasteiger partial charge >= 0.3 is 0 Å². The standard InChI is InChI=1S/C29H41N3O5S/c1-4-27(29(34)30-24-12-7-5-8-13-24)32(22-23-17-19-25(37-3)20-18-23)28(33)16-11-21-31(2)38(35,36)26-14-9-6-10-15-26/h6,9-10,14-15,17-20,24,27H,4-5,7-8,11-13,16,21-22H2,1-3H3,(H,30,34)/t27-/m1/s1. The summed E-state index contributed by atoms with van der Waals surface area (Å²) in [7, 11) is -0.509. The summed E-state index contributed by atoms with van der Waals surface area (Å²) in [5, 5.41) is 3.18. The molecular formula is C29H41N3O5S. The van der Waals surface area contributed by atoms with Gasteiger partial charge in [-0.3, -0.25) is 9.59 Å². The number of sulfonamides is 1. The van der Waals surface area contributed by atoms with E-state index in [-0.39, 0.29) is 42.3 Å². The smallest absolute Gasteiger partial charge is 0.243 e. The monoisotopic (exact) mass is 543 g/mol. The fourth-order valence-corrected chi connectivity index (χ4v) is 6.11. The molecule has 2 aromatic rings. The van der Waals surface area contributed by atoms with Gasteiger partial charge in [-0.25, -0.2) is 12.7 Å². The third kappa shape index (κ3) is 8.04. The highest BCUT2D eigenvalue weighted by molar-refractivity contribution is 7.89. The second-order valence-electron chi connectivity index (χ2n) is 9.88. The number of methoxy groups -OCH3 is 1. The van der Waals surface area contributed by atoms with Crippen molar-refractivity contribution in [1.82, 2.24) is 14.5 Å². The first-order chi connectivity index (χ1) is 18.3. The van der Waals surface area contributed by atoms with Crippen molar-refractivity contribution >= 4 is 21.8 Å². The van der Waals surface area contributed by atoms with Crippen LogP contribution in [-0.4, -0.2) is 62.2 Å². The highest BCUT2D eigenvalue weighted by atomic mass is 32.2. The summed E-state index contributed by atoms with van der Waals surface area (Å²) >= 11 is 0. The number of amides is 2. The van der Waals surface area contributed by atoms with Crippen molar-refractivity contribution in [3.8, 4) is 5.75 Å². The molecule has 0 bridgehead atoms. The highest BCUT2D eigenvalue weighted by Crippen LogP contribution is 2.21. The minimum atomic E-state index is -3.63. The Balaban J connectivity index is 1.70. The average Bonchev–Trinajstić information content (AvgIpc) is 2.94. The summed E-state index contributed by atoms with van der Waals surface area (Å²) in [5.41, 5.74) is 0.895. The van der Waals surface area contributed by atoms with E-state index in [0.29, 0.717) is 12.8 Å². The van der Waals surface area contributed by atoms with Crippen LogP contribution in [0.2, 0.25) is 0 Å². The molecule has 1 fully saturated rings. The molecule has 9 heteroatoms. The number of benzene rings is 2. The zero-order valence-electron chi connectivity index (χ0n) is 22.8. The molecule has 0 aromatic heterocycles. The molecule has 208 valence electrons. The van der Waals surface area contributed by atoms with E-state index >= 15 is 0 Å². The van der Waals surface area contributed by atoms with Gasteiger partial charge in [0.05, 0.1) is 12.0 Å². The number of carbonyl (C=O) groups is 2. The van der Waals surface area contributed by atoms with Crippen LogP contribution >= 0.6 is 0 Å². The van der Waals surface area contributed by atoms with Crippen LogP contribution in [-0.2, 0) is 26.2 Å². The third-order valence-electron chi connectivity index (χ3n) is 7.16. The molecule has 0 radical (unpaired) electrons. The van der Waals surface area contributed by atoms with Gasteiger partial charge in [-0.2, -0.15) is 0 Å². The molecule has 0 heterocycles. The van der Waals surface area contributed by atoms with Gasteiger partial charge in [0.15, 0.2) is 0 Å². The first kappa shape index (κ1) is 29.6. The van der Waals surface area contributed by atoms with E-state index in [1.165, 1.54) is 17.8 Å². The maximum atomic E-state index is 13.5. The first-order valence-electron chi connectivity index (χ1n) is 13.5. The fourth-order valence-electron chi connectivity index (χ4n) is 4.88. The number of ether oxygens (including phenoxy) is 1. The largest absolute Gasteiger partial charge is 0.497 e.